The van der Waals surface area contributed by atoms with E-state index in [0.29, 0.717) is 12.2 Å². The molecule has 0 radical (unpaired) electrons. The molecular formula is C30H41N5O7S. The molecule has 0 heterocycles. The average molecular weight is 616 g/mol. The fourth-order valence-electron chi connectivity index (χ4n) is 3.89. The minimum atomic E-state index is -1.03. The van der Waals surface area contributed by atoms with E-state index in [0.717, 1.165) is 11.1 Å². The molecule has 13 heteroatoms. The molecule has 0 fully saturated rings. The van der Waals surface area contributed by atoms with Crippen LogP contribution in [0, 0.1) is 0 Å². The zero-order valence-corrected chi connectivity index (χ0v) is 25.4. The Morgan fingerprint density at radius 1 is 0.814 bits per heavy atom. The third kappa shape index (κ3) is 13.6. The van der Waals surface area contributed by atoms with Crippen molar-refractivity contribution in [2.75, 3.05) is 25.1 Å². The van der Waals surface area contributed by atoms with E-state index in [9.17, 15) is 29.1 Å². The summed E-state index contributed by atoms with van der Waals surface area (Å²) in [6.07, 6.45) is 2.23. The molecule has 7 N–H and O–H groups in total. The molecule has 234 valence electrons. The van der Waals surface area contributed by atoms with E-state index < -0.39 is 60.8 Å². The summed E-state index contributed by atoms with van der Waals surface area (Å²) in [5.41, 5.74) is 7.43. The van der Waals surface area contributed by atoms with E-state index in [1.807, 2.05) is 24.5 Å². The number of carbonyl (C=O) groups is 5. The number of nitrogens with two attached hydrogens (primary N) is 1. The number of hydrogen-bond donors (Lipinski definition) is 6. The largest absolute Gasteiger partial charge is 0.508 e. The van der Waals surface area contributed by atoms with Crippen LogP contribution >= 0.6 is 11.8 Å². The predicted octanol–water partition coefficient (Wildman–Crippen LogP) is 0.411. The van der Waals surface area contributed by atoms with Gasteiger partial charge in [0.05, 0.1) is 25.2 Å². The van der Waals surface area contributed by atoms with Crippen LogP contribution in [-0.4, -0.2) is 84.0 Å². The Bertz CT molecular complexity index is 1210. The normalized spacial score (nSPS) is 12.9. The summed E-state index contributed by atoms with van der Waals surface area (Å²) in [6.45, 7) is 2.59. The lowest BCUT2D eigenvalue weighted by atomic mass is 10.0. The molecule has 2 aromatic rings. The summed E-state index contributed by atoms with van der Waals surface area (Å²) >= 11 is 1.52. The van der Waals surface area contributed by atoms with E-state index in [1.54, 1.807) is 38.1 Å². The van der Waals surface area contributed by atoms with Gasteiger partial charge in [0.1, 0.15) is 17.8 Å². The number of rotatable bonds is 17. The maximum absolute atomic E-state index is 13.3. The summed E-state index contributed by atoms with van der Waals surface area (Å²) < 4.78 is 5.30. The van der Waals surface area contributed by atoms with Gasteiger partial charge in [0, 0.05) is 6.42 Å². The third-order valence-electron chi connectivity index (χ3n) is 6.10. The van der Waals surface area contributed by atoms with Crippen molar-refractivity contribution in [1.82, 2.24) is 21.3 Å². The second-order valence-electron chi connectivity index (χ2n) is 10.1. The van der Waals surface area contributed by atoms with Crippen molar-refractivity contribution in [3.63, 3.8) is 0 Å². The first-order chi connectivity index (χ1) is 20.5. The molecule has 0 saturated carbocycles. The topological polar surface area (TPSA) is 189 Å². The van der Waals surface area contributed by atoms with E-state index in [-0.39, 0.29) is 24.7 Å². The van der Waals surface area contributed by atoms with Gasteiger partial charge < -0.3 is 36.8 Å². The smallest absolute Gasteiger partial charge is 0.328 e. The lowest BCUT2D eigenvalue weighted by Gasteiger charge is -2.23. The van der Waals surface area contributed by atoms with Crippen LogP contribution in [0.5, 0.6) is 5.75 Å². The third-order valence-corrected chi connectivity index (χ3v) is 6.74. The quantitative estimate of drug-likeness (QED) is 0.137. The number of phenolic OH excluding ortho intramolecular Hbond substituents is 1. The molecule has 0 aliphatic carbocycles. The summed E-state index contributed by atoms with van der Waals surface area (Å²) in [4.78, 5) is 63.2. The predicted molar refractivity (Wildman–Crippen MR) is 164 cm³/mol. The fourth-order valence-corrected chi connectivity index (χ4v) is 4.37. The molecule has 0 bridgehead atoms. The van der Waals surface area contributed by atoms with Gasteiger partial charge in [-0.1, -0.05) is 42.5 Å². The van der Waals surface area contributed by atoms with E-state index in [1.165, 1.54) is 23.9 Å². The van der Waals surface area contributed by atoms with Gasteiger partial charge in [0.25, 0.3) is 0 Å². The molecular weight excluding hydrogens is 574 g/mol. The average Bonchev–Trinajstić information content (AvgIpc) is 2.97. The Labute approximate surface area is 255 Å². The van der Waals surface area contributed by atoms with Gasteiger partial charge in [0.2, 0.25) is 23.6 Å². The maximum atomic E-state index is 13.3. The molecule has 3 atom stereocenters. The number of hydrogen-bond acceptors (Lipinski definition) is 9. The van der Waals surface area contributed by atoms with E-state index in [2.05, 4.69) is 21.3 Å². The van der Waals surface area contributed by atoms with E-state index >= 15 is 0 Å². The molecule has 0 aromatic heterocycles. The van der Waals surface area contributed by atoms with Gasteiger partial charge in [-0.05, 0) is 62.0 Å². The highest BCUT2D eigenvalue weighted by molar-refractivity contribution is 7.98. The molecule has 12 nitrogen and oxygen atoms in total. The van der Waals surface area contributed by atoms with Crippen LogP contribution in [0.4, 0.5) is 0 Å². The summed E-state index contributed by atoms with van der Waals surface area (Å²) in [5, 5.41) is 19.5. The standard InChI is InChI=1S/C30H41N5O7S/c1-19(2)42-30(41)24(13-14-43-3)35-29(40)25(16-20-7-5-4-6-8-20)34-27(38)18-32-26(37)17-33-28(39)23(31)15-21-9-11-22(36)12-10-21/h4-12,19,23-25,36H,13-18,31H2,1-3H3,(H,32,37)(H,33,39)(H,34,38)(H,35,40)/t23-,24-,25-/m0/s1. The van der Waals surface area contributed by atoms with Gasteiger partial charge in [0.15, 0.2) is 0 Å². The number of ether oxygens (including phenoxy) is 1. The maximum Gasteiger partial charge on any atom is 0.328 e. The highest BCUT2D eigenvalue weighted by Gasteiger charge is 2.28. The van der Waals surface area contributed by atoms with Gasteiger partial charge in [-0.15, -0.1) is 0 Å². The molecule has 0 aliphatic heterocycles. The van der Waals surface area contributed by atoms with Crippen LogP contribution in [0.3, 0.4) is 0 Å². The summed E-state index contributed by atoms with van der Waals surface area (Å²) in [7, 11) is 0. The number of esters is 1. The van der Waals surface area contributed by atoms with Gasteiger partial charge in [-0.3, -0.25) is 19.2 Å². The molecule has 0 aliphatic rings. The molecule has 0 saturated heterocycles. The van der Waals surface area contributed by atoms with Crippen LogP contribution in [0.25, 0.3) is 0 Å². The Morgan fingerprint density at radius 2 is 1.44 bits per heavy atom. The van der Waals surface area contributed by atoms with Crippen molar-refractivity contribution in [3.05, 3.63) is 65.7 Å². The first kappa shape index (κ1) is 35.1. The van der Waals surface area contributed by atoms with Crippen molar-refractivity contribution in [1.29, 1.82) is 0 Å². The number of amides is 4. The van der Waals surface area contributed by atoms with Gasteiger partial charge >= 0.3 is 5.97 Å². The van der Waals surface area contributed by atoms with Crippen LogP contribution in [-0.2, 0) is 41.6 Å². The number of carbonyl (C=O) groups excluding carboxylic acids is 5. The fraction of sp³-hybridized carbons (Fsp3) is 0.433. The second-order valence-corrected chi connectivity index (χ2v) is 11.1. The van der Waals surface area contributed by atoms with Crippen molar-refractivity contribution in [2.24, 2.45) is 5.73 Å². The van der Waals surface area contributed by atoms with Crippen molar-refractivity contribution in [2.45, 2.75) is 57.3 Å². The SMILES string of the molecule is CSCC[C@H](NC(=O)[C@H](Cc1ccccc1)NC(=O)CNC(=O)CNC(=O)[C@@H](N)Cc1ccc(O)cc1)C(=O)OC(C)C. The van der Waals surface area contributed by atoms with Gasteiger partial charge in [-0.2, -0.15) is 11.8 Å². The minimum absolute atomic E-state index is 0.0937. The van der Waals surface area contributed by atoms with Crippen molar-refractivity contribution < 1.29 is 33.8 Å². The first-order valence-corrected chi connectivity index (χ1v) is 15.3. The molecule has 43 heavy (non-hydrogen) atoms. The molecule has 4 amide bonds. The Morgan fingerprint density at radius 3 is 2.07 bits per heavy atom. The summed E-state index contributed by atoms with van der Waals surface area (Å²) in [6, 6.07) is 12.5. The number of aromatic hydroxyl groups is 1. The molecule has 0 spiro atoms. The second kappa shape index (κ2) is 18.4. The van der Waals surface area contributed by atoms with E-state index in [4.69, 9.17) is 10.5 Å². The van der Waals surface area contributed by atoms with Crippen LogP contribution < -0.4 is 27.0 Å². The van der Waals surface area contributed by atoms with Crippen molar-refractivity contribution in [3.8, 4) is 5.75 Å². The van der Waals surface area contributed by atoms with Gasteiger partial charge in [-0.25, -0.2) is 4.79 Å². The first-order valence-electron chi connectivity index (χ1n) is 13.9. The zero-order valence-electron chi connectivity index (χ0n) is 24.6. The van der Waals surface area contributed by atoms with Crippen LogP contribution in [0.1, 0.15) is 31.4 Å². The van der Waals surface area contributed by atoms with Crippen molar-refractivity contribution >= 4 is 41.4 Å². The number of benzene rings is 2. The minimum Gasteiger partial charge on any atom is -0.508 e. The number of nitrogens with one attached hydrogen (secondary N) is 4. The molecule has 2 rings (SSSR count). The number of thioether (sulfide) groups is 1. The molecule has 0 unspecified atom stereocenters. The summed E-state index contributed by atoms with van der Waals surface area (Å²) in [5.74, 6) is -2.24. The van der Waals surface area contributed by atoms with Crippen LogP contribution in [0.15, 0.2) is 54.6 Å². The Kier molecular flexibility index (Phi) is 15.1. The lowest BCUT2D eigenvalue weighted by Crippen LogP contribution is -2.54. The number of phenols is 1. The highest BCUT2D eigenvalue weighted by Crippen LogP contribution is 2.11. The Hall–Kier alpha value is -4.10. The lowest BCUT2D eigenvalue weighted by molar-refractivity contribution is -0.151. The monoisotopic (exact) mass is 615 g/mol. The van der Waals surface area contributed by atoms with Crippen LogP contribution in [0.2, 0.25) is 0 Å². The highest BCUT2D eigenvalue weighted by atomic mass is 32.2. The zero-order chi connectivity index (χ0) is 31.8. The molecule has 2 aromatic carbocycles. The Balaban J connectivity index is 1.93.